The Kier molecular flexibility index (Phi) is 10.5. The summed E-state index contributed by atoms with van der Waals surface area (Å²) in [5.41, 5.74) is 2.82. The molecule has 0 saturated heterocycles. The maximum absolute atomic E-state index is 12.8. The van der Waals surface area contributed by atoms with Crippen molar-refractivity contribution >= 4 is 22.4 Å². The molecule has 0 heterocycles. The minimum absolute atomic E-state index is 0.0141. The molecule has 0 unspecified atom stereocenters. The minimum atomic E-state index is -3.99. The SMILES string of the molecule is Cc1ccc(C(=O)O[C@H](C=O)[C@H](OCc2ccccc2)[C@H](COCc2ccccc2)OS(C)(=O)=O)cc1. The average molecular weight is 527 g/mol. The third-order valence-electron chi connectivity index (χ3n) is 5.33. The number of carbonyl (C=O) groups excluding carboxylic acids is 2. The molecule has 0 radical (unpaired) electrons. The Hall–Kier alpha value is -3.37. The van der Waals surface area contributed by atoms with E-state index >= 15 is 0 Å². The molecule has 0 spiro atoms. The van der Waals surface area contributed by atoms with Gasteiger partial charge in [0.15, 0.2) is 12.4 Å². The first-order valence-electron chi connectivity index (χ1n) is 11.6. The van der Waals surface area contributed by atoms with E-state index in [1.807, 2.05) is 67.6 Å². The van der Waals surface area contributed by atoms with Crippen LogP contribution in [0.25, 0.3) is 0 Å². The normalized spacial score (nSPS) is 13.9. The van der Waals surface area contributed by atoms with Crippen molar-refractivity contribution in [1.29, 1.82) is 0 Å². The van der Waals surface area contributed by atoms with E-state index in [1.165, 1.54) is 0 Å². The third-order valence-corrected chi connectivity index (χ3v) is 5.93. The van der Waals surface area contributed by atoms with Gasteiger partial charge in [-0.1, -0.05) is 78.4 Å². The number of aldehydes is 1. The van der Waals surface area contributed by atoms with E-state index in [0.717, 1.165) is 22.9 Å². The van der Waals surface area contributed by atoms with Crippen LogP contribution in [0.1, 0.15) is 27.0 Å². The first kappa shape index (κ1) is 28.2. The highest BCUT2D eigenvalue weighted by atomic mass is 32.2. The van der Waals surface area contributed by atoms with Crippen molar-refractivity contribution < 1.29 is 36.4 Å². The zero-order valence-corrected chi connectivity index (χ0v) is 21.5. The Morgan fingerprint density at radius 2 is 1.43 bits per heavy atom. The molecule has 0 bridgehead atoms. The van der Waals surface area contributed by atoms with Gasteiger partial charge in [0.2, 0.25) is 0 Å². The van der Waals surface area contributed by atoms with E-state index < -0.39 is 34.4 Å². The summed E-state index contributed by atoms with van der Waals surface area (Å²) in [5, 5.41) is 0. The van der Waals surface area contributed by atoms with Gasteiger partial charge in [0.05, 0.1) is 31.6 Å². The van der Waals surface area contributed by atoms with Crippen LogP contribution in [0.3, 0.4) is 0 Å². The number of carbonyl (C=O) groups is 2. The predicted octanol–water partition coefficient (Wildman–Crippen LogP) is 3.87. The summed E-state index contributed by atoms with van der Waals surface area (Å²) in [6.45, 7) is 1.82. The van der Waals surface area contributed by atoms with E-state index in [0.29, 0.717) is 6.29 Å². The number of ether oxygens (including phenoxy) is 3. The smallest absolute Gasteiger partial charge is 0.338 e. The summed E-state index contributed by atoms with van der Waals surface area (Å²) in [5.74, 6) is -0.756. The Balaban J connectivity index is 1.84. The van der Waals surface area contributed by atoms with Gasteiger partial charge in [-0.2, -0.15) is 8.42 Å². The van der Waals surface area contributed by atoms with Crippen LogP contribution in [0.2, 0.25) is 0 Å². The van der Waals surface area contributed by atoms with Crippen molar-refractivity contribution in [2.24, 2.45) is 0 Å². The fourth-order valence-electron chi connectivity index (χ4n) is 3.50. The van der Waals surface area contributed by atoms with Crippen LogP contribution in [0.4, 0.5) is 0 Å². The number of aryl methyl sites for hydroxylation is 1. The summed E-state index contributed by atoms with van der Waals surface area (Å²) >= 11 is 0. The van der Waals surface area contributed by atoms with Gasteiger partial charge in [0, 0.05) is 0 Å². The molecule has 0 saturated carbocycles. The zero-order valence-electron chi connectivity index (χ0n) is 20.7. The van der Waals surface area contributed by atoms with Crippen molar-refractivity contribution in [3.63, 3.8) is 0 Å². The molecule has 9 heteroatoms. The number of esters is 1. The summed E-state index contributed by atoms with van der Waals surface area (Å²) in [6, 6.07) is 25.0. The van der Waals surface area contributed by atoms with Crippen LogP contribution in [0.15, 0.2) is 84.9 Å². The summed E-state index contributed by atoms with van der Waals surface area (Å²) in [6.07, 6.45) is -2.73. The molecule has 3 atom stereocenters. The van der Waals surface area contributed by atoms with Crippen molar-refractivity contribution in [2.75, 3.05) is 12.9 Å². The molecular weight excluding hydrogens is 496 g/mol. The lowest BCUT2D eigenvalue weighted by atomic mass is 10.1. The molecule has 0 aliphatic heterocycles. The van der Waals surface area contributed by atoms with Gasteiger partial charge >= 0.3 is 5.97 Å². The lowest BCUT2D eigenvalue weighted by Gasteiger charge is -2.30. The quantitative estimate of drug-likeness (QED) is 0.177. The Bertz CT molecular complexity index is 1230. The van der Waals surface area contributed by atoms with Crippen molar-refractivity contribution in [1.82, 2.24) is 0 Å². The molecule has 0 aliphatic rings. The summed E-state index contributed by atoms with van der Waals surface area (Å²) in [7, 11) is -3.99. The van der Waals surface area contributed by atoms with Gasteiger partial charge in [-0.05, 0) is 30.2 Å². The number of hydrogen-bond donors (Lipinski definition) is 0. The van der Waals surface area contributed by atoms with Gasteiger partial charge in [-0.15, -0.1) is 0 Å². The molecule has 3 aromatic rings. The van der Waals surface area contributed by atoms with Crippen LogP contribution >= 0.6 is 0 Å². The monoisotopic (exact) mass is 526 g/mol. The van der Waals surface area contributed by atoms with E-state index in [1.54, 1.807) is 24.3 Å². The van der Waals surface area contributed by atoms with Crippen molar-refractivity contribution in [2.45, 2.75) is 38.4 Å². The number of benzene rings is 3. The van der Waals surface area contributed by atoms with Gasteiger partial charge < -0.3 is 14.2 Å². The minimum Gasteiger partial charge on any atom is -0.448 e. The molecule has 0 aromatic heterocycles. The average Bonchev–Trinajstić information content (AvgIpc) is 2.88. The fraction of sp³-hybridized carbons (Fsp3) is 0.286. The Labute approximate surface area is 217 Å². The van der Waals surface area contributed by atoms with Crippen LogP contribution in [0, 0.1) is 6.92 Å². The van der Waals surface area contributed by atoms with Gasteiger partial charge in [0.25, 0.3) is 10.1 Å². The molecule has 8 nitrogen and oxygen atoms in total. The van der Waals surface area contributed by atoms with E-state index in [-0.39, 0.29) is 25.4 Å². The van der Waals surface area contributed by atoms with Crippen molar-refractivity contribution in [3.05, 3.63) is 107 Å². The molecule has 3 rings (SSSR count). The highest BCUT2D eigenvalue weighted by molar-refractivity contribution is 7.86. The van der Waals surface area contributed by atoms with Crippen LogP contribution < -0.4 is 0 Å². The lowest BCUT2D eigenvalue weighted by Crippen LogP contribution is -2.47. The second-order valence-corrected chi connectivity index (χ2v) is 10.1. The largest absolute Gasteiger partial charge is 0.448 e. The van der Waals surface area contributed by atoms with Crippen LogP contribution in [-0.4, -0.2) is 51.8 Å². The van der Waals surface area contributed by atoms with Gasteiger partial charge in [-0.25, -0.2) is 4.79 Å². The van der Waals surface area contributed by atoms with E-state index in [4.69, 9.17) is 18.4 Å². The van der Waals surface area contributed by atoms with Gasteiger partial charge in [-0.3, -0.25) is 8.98 Å². The van der Waals surface area contributed by atoms with E-state index in [2.05, 4.69) is 0 Å². The third kappa shape index (κ3) is 9.55. The molecule has 3 aromatic carbocycles. The fourth-order valence-corrected chi connectivity index (χ4v) is 4.12. The second-order valence-electron chi connectivity index (χ2n) is 8.47. The first-order valence-corrected chi connectivity index (χ1v) is 13.4. The van der Waals surface area contributed by atoms with Gasteiger partial charge in [0.1, 0.15) is 12.2 Å². The predicted molar refractivity (Wildman–Crippen MR) is 137 cm³/mol. The Morgan fingerprint density at radius 1 is 0.865 bits per heavy atom. The number of rotatable bonds is 14. The standard InChI is InChI=1S/C28H30O8S/c1-21-13-15-24(16-14-21)28(30)35-25(17-29)27(34-19-23-11-7-4-8-12-23)26(36-37(2,31)32)20-33-18-22-9-5-3-6-10-22/h3-17,25-27H,18-20H2,1-2H3/t25-,26+,27+/m1/s1. The molecule has 37 heavy (non-hydrogen) atoms. The highest BCUT2D eigenvalue weighted by Crippen LogP contribution is 2.19. The van der Waals surface area contributed by atoms with Crippen LogP contribution in [0.5, 0.6) is 0 Å². The molecular formula is C28H30O8S. The molecule has 0 amide bonds. The first-order chi connectivity index (χ1) is 17.7. The molecule has 0 N–H and O–H groups in total. The highest BCUT2D eigenvalue weighted by Gasteiger charge is 2.37. The maximum Gasteiger partial charge on any atom is 0.338 e. The maximum atomic E-state index is 12.8. The Morgan fingerprint density at radius 3 is 1.97 bits per heavy atom. The molecule has 0 aliphatic carbocycles. The summed E-state index contributed by atoms with van der Waals surface area (Å²) in [4.78, 5) is 24.9. The van der Waals surface area contributed by atoms with Crippen LogP contribution in [-0.2, 0) is 46.5 Å². The summed E-state index contributed by atoms with van der Waals surface area (Å²) < 4.78 is 46.7. The molecule has 0 fully saturated rings. The lowest BCUT2D eigenvalue weighted by molar-refractivity contribution is -0.140. The van der Waals surface area contributed by atoms with E-state index in [9.17, 15) is 18.0 Å². The topological polar surface area (TPSA) is 105 Å². The second kappa shape index (κ2) is 13.8. The van der Waals surface area contributed by atoms with Crippen molar-refractivity contribution in [3.8, 4) is 0 Å². The number of hydrogen-bond acceptors (Lipinski definition) is 8. The molecule has 196 valence electrons. The zero-order chi connectivity index (χ0) is 26.7.